The van der Waals surface area contributed by atoms with Crippen molar-refractivity contribution in [2.75, 3.05) is 7.11 Å². The smallest absolute Gasteiger partial charge is 0.214 e. The summed E-state index contributed by atoms with van der Waals surface area (Å²) in [5, 5.41) is 4.34. The van der Waals surface area contributed by atoms with E-state index in [-0.39, 0.29) is 0 Å². The molecule has 0 N–H and O–H groups in total. The van der Waals surface area contributed by atoms with E-state index in [9.17, 15) is 0 Å². The van der Waals surface area contributed by atoms with Gasteiger partial charge in [0, 0.05) is 11.6 Å². The minimum absolute atomic E-state index is 0.481. The Kier molecular flexibility index (Phi) is 2.39. The molecule has 0 spiro atoms. The Morgan fingerprint density at radius 1 is 1.33 bits per heavy atom. The van der Waals surface area contributed by atoms with Gasteiger partial charge in [-0.3, -0.25) is 0 Å². The Morgan fingerprint density at radius 2 is 2.07 bits per heavy atom. The molecule has 2 aromatic heterocycles. The molecule has 2 heterocycles. The lowest BCUT2D eigenvalue weighted by Crippen LogP contribution is -1.96. The molecule has 2 rings (SSSR count). The van der Waals surface area contributed by atoms with Crippen LogP contribution in [0.5, 0.6) is 5.88 Å². The quantitative estimate of drug-likeness (QED) is 0.752. The zero-order valence-electron chi connectivity index (χ0n) is 9.61. The maximum atomic E-state index is 5.30. The minimum atomic E-state index is 0.481. The molecule has 0 bridgehead atoms. The number of aromatic nitrogens is 2. The molecule has 0 aromatic carbocycles. The molecule has 0 saturated carbocycles. The molecule has 0 amide bonds. The van der Waals surface area contributed by atoms with E-state index in [4.69, 9.17) is 4.74 Å². The number of fused-ring (bicyclic) bond motifs is 1. The largest absolute Gasteiger partial charge is 0.481 e. The monoisotopic (exact) mass is 204 g/mol. The molecule has 0 fully saturated rings. The summed E-state index contributed by atoms with van der Waals surface area (Å²) in [7, 11) is 1.67. The van der Waals surface area contributed by atoms with Gasteiger partial charge in [0.25, 0.3) is 0 Å². The van der Waals surface area contributed by atoms with E-state index in [0.717, 1.165) is 11.4 Å². The summed E-state index contributed by atoms with van der Waals surface area (Å²) in [6.07, 6.45) is 1.92. The number of aryl methyl sites for hydroxylation is 1. The summed E-state index contributed by atoms with van der Waals surface area (Å²) in [5.74, 6) is 1.27. The van der Waals surface area contributed by atoms with Crippen molar-refractivity contribution >= 4 is 5.52 Å². The summed E-state index contributed by atoms with van der Waals surface area (Å²) in [6.45, 7) is 6.41. The minimum Gasteiger partial charge on any atom is -0.481 e. The van der Waals surface area contributed by atoms with Crippen molar-refractivity contribution in [1.29, 1.82) is 0 Å². The number of methoxy groups -OCH3 is 1. The van der Waals surface area contributed by atoms with Gasteiger partial charge in [-0.1, -0.05) is 13.8 Å². The van der Waals surface area contributed by atoms with Crippen LogP contribution in [0.4, 0.5) is 0 Å². The highest BCUT2D eigenvalue weighted by atomic mass is 16.5. The SMILES string of the molecule is COc1cc(C)cc2c(C(C)C)cnn12. The Labute approximate surface area is 89.7 Å². The normalized spacial score (nSPS) is 11.3. The molecule has 0 aliphatic carbocycles. The van der Waals surface area contributed by atoms with Gasteiger partial charge in [-0.25, -0.2) is 4.52 Å². The maximum Gasteiger partial charge on any atom is 0.214 e. The Morgan fingerprint density at radius 3 is 2.67 bits per heavy atom. The van der Waals surface area contributed by atoms with E-state index in [1.807, 2.05) is 16.8 Å². The van der Waals surface area contributed by atoms with Gasteiger partial charge in [-0.15, -0.1) is 0 Å². The number of hydrogen-bond donors (Lipinski definition) is 0. The van der Waals surface area contributed by atoms with Crippen LogP contribution in [0.3, 0.4) is 0 Å². The molecule has 3 nitrogen and oxygen atoms in total. The van der Waals surface area contributed by atoms with E-state index < -0.39 is 0 Å². The van der Waals surface area contributed by atoms with E-state index in [2.05, 4.69) is 31.9 Å². The first kappa shape index (κ1) is 10.0. The number of rotatable bonds is 2. The number of pyridine rings is 1. The van der Waals surface area contributed by atoms with E-state index in [1.165, 1.54) is 11.1 Å². The van der Waals surface area contributed by atoms with E-state index >= 15 is 0 Å². The van der Waals surface area contributed by atoms with Crippen LogP contribution in [0.15, 0.2) is 18.3 Å². The summed E-state index contributed by atoms with van der Waals surface area (Å²) in [6, 6.07) is 4.13. The van der Waals surface area contributed by atoms with Gasteiger partial charge in [0.1, 0.15) is 0 Å². The summed E-state index contributed by atoms with van der Waals surface area (Å²) >= 11 is 0. The molecule has 0 aliphatic rings. The van der Waals surface area contributed by atoms with Gasteiger partial charge in [-0.2, -0.15) is 5.10 Å². The first-order chi connectivity index (χ1) is 7.13. The fourth-order valence-electron chi connectivity index (χ4n) is 1.79. The lowest BCUT2D eigenvalue weighted by molar-refractivity contribution is 0.385. The molecule has 0 atom stereocenters. The molecule has 2 aromatic rings. The molecular formula is C12H16N2O. The van der Waals surface area contributed by atoms with Crippen LogP contribution in [0.1, 0.15) is 30.9 Å². The van der Waals surface area contributed by atoms with Crippen molar-refractivity contribution < 1.29 is 4.74 Å². The molecule has 15 heavy (non-hydrogen) atoms. The predicted molar refractivity (Wildman–Crippen MR) is 60.6 cm³/mol. The molecule has 3 heteroatoms. The van der Waals surface area contributed by atoms with Gasteiger partial charge in [0.05, 0.1) is 18.8 Å². The van der Waals surface area contributed by atoms with Crippen molar-refractivity contribution in [3.63, 3.8) is 0 Å². The van der Waals surface area contributed by atoms with Crippen LogP contribution >= 0.6 is 0 Å². The van der Waals surface area contributed by atoms with Crippen molar-refractivity contribution in [3.05, 3.63) is 29.5 Å². The highest BCUT2D eigenvalue weighted by Crippen LogP contribution is 2.25. The van der Waals surface area contributed by atoms with Crippen LogP contribution < -0.4 is 4.74 Å². The highest BCUT2D eigenvalue weighted by molar-refractivity contribution is 5.58. The molecule has 0 saturated heterocycles. The highest BCUT2D eigenvalue weighted by Gasteiger charge is 2.10. The average Bonchev–Trinajstić information content (AvgIpc) is 2.59. The molecule has 80 valence electrons. The first-order valence-corrected chi connectivity index (χ1v) is 5.15. The Hall–Kier alpha value is -1.51. The Bertz CT molecular complexity index is 486. The van der Waals surface area contributed by atoms with Gasteiger partial charge >= 0.3 is 0 Å². The summed E-state index contributed by atoms with van der Waals surface area (Å²) < 4.78 is 7.15. The lowest BCUT2D eigenvalue weighted by atomic mass is 10.1. The molecule has 0 aliphatic heterocycles. The molecule has 0 radical (unpaired) electrons. The van der Waals surface area contributed by atoms with Gasteiger partial charge < -0.3 is 4.74 Å². The van der Waals surface area contributed by atoms with Crippen LogP contribution in [-0.2, 0) is 0 Å². The second-order valence-corrected chi connectivity index (χ2v) is 4.13. The second kappa shape index (κ2) is 3.57. The maximum absolute atomic E-state index is 5.30. The number of ether oxygens (including phenoxy) is 1. The van der Waals surface area contributed by atoms with Crippen LogP contribution in [-0.4, -0.2) is 16.7 Å². The molecule has 0 unspecified atom stereocenters. The molecular weight excluding hydrogens is 188 g/mol. The summed E-state index contributed by atoms with van der Waals surface area (Å²) in [5.41, 5.74) is 3.60. The van der Waals surface area contributed by atoms with Crippen molar-refractivity contribution in [3.8, 4) is 5.88 Å². The number of hydrogen-bond acceptors (Lipinski definition) is 2. The zero-order valence-corrected chi connectivity index (χ0v) is 9.61. The van der Waals surface area contributed by atoms with Crippen LogP contribution in [0, 0.1) is 6.92 Å². The van der Waals surface area contributed by atoms with Crippen molar-refractivity contribution in [2.24, 2.45) is 0 Å². The first-order valence-electron chi connectivity index (χ1n) is 5.15. The predicted octanol–water partition coefficient (Wildman–Crippen LogP) is 2.77. The van der Waals surface area contributed by atoms with Gasteiger partial charge in [0.2, 0.25) is 5.88 Å². The third kappa shape index (κ3) is 1.58. The number of nitrogens with zero attached hydrogens (tertiary/aromatic N) is 2. The fourth-order valence-corrected chi connectivity index (χ4v) is 1.79. The summed E-state index contributed by atoms with van der Waals surface area (Å²) in [4.78, 5) is 0. The van der Waals surface area contributed by atoms with Gasteiger partial charge in [0.15, 0.2) is 0 Å². The fraction of sp³-hybridized carbons (Fsp3) is 0.417. The Balaban J connectivity index is 2.75. The van der Waals surface area contributed by atoms with Crippen molar-refractivity contribution in [1.82, 2.24) is 9.61 Å². The third-order valence-electron chi connectivity index (χ3n) is 2.59. The van der Waals surface area contributed by atoms with Crippen LogP contribution in [0.2, 0.25) is 0 Å². The third-order valence-corrected chi connectivity index (χ3v) is 2.59. The average molecular weight is 204 g/mol. The van der Waals surface area contributed by atoms with E-state index in [0.29, 0.717) is 5.92 Å². The van der Waals surface area contributed by atoms with Crippen molar-refractivity contribution in [2.45, 2.75) is 26.7 Å². The second-order valence-electron chi connectivity index (χ2n) is 4.13. The lowest BCUT2D eigenvalue weighted by Gasteiger charge is -2.07. The topological polar surface area (TPSA) is 26.5 Å². The standard InChI is InChI=1S/C12H16N2O/c1-8(2)10-7-13-14-11(10)5-9(3)6-12(14)15-4/h5-8H,1-4H3. The van der Waals surface area contributed by atoms with Crippen LogP contribution in [0.25, 0.3) is 5.52 Å². The van der Waals surface area contributed by atoms with Gasteiger partial charge in [-0.05, 0) is 24.5 Å². The van der Waals surface area contributed by atoms with E-state index in [1.54, 1.807) is 7.11 Å². The zero-order chi connectivity index (χ0) is 11.0.